The van der Waals surface area contributed by atoms with E-state index < -0.39 is 0 Å². The molecule has 7 nitrogen and oxygen atoms in total. The fourth-order valence-electron chi connectivity index (χ4n) is 2.59. The molecule has 0 spiro atoms. The molecule has 2 heterocycles. The highest BCUT2D eigenvalue weighted by atomic mass is 16.5. The zero-order valence-electron chi connectivity index (χ0n) is 15.0. The van der Waals surface area contributed by atoms with E-state index in [2.05, 4.69) is 15.5 Å². The molecule has 0 saturated heterocycles. The van der Waals surface area contributed by atoms with E-state index in [1.807, 2.05) is 39.0 Å². The number of benzene rings is 1. The molecule has 134 valence electrons. The van der Waals surface area contributed by atoms with Gasteiger partial charge in [0.05, 0.1) is 19.6 Å². The number of hydrogen-bond donors (Lipinski definition) is 1. The van der Waals surface area contributed by atoms with Crippen molar-refractivity contribution in [1.29, 1.82) is 0 Å². The molecular formula is C18H23N3O4. The largest absolute Gasteiger partial charge is 0.497 e. The van der Waals surface area contributed by atoms with Crippen LogP contribution in [0.3, 0.4) is 0 Å². The number of nitrogens with zero attached hydrogens (tertiary/aromatic N) is 2. The van der Waals surface area contributed by atoms with Gasteiger partial charge in [-0.2, -0.15) is 4.98 Å². The van der Waals surface area contributed by atoms with E-state index in [-0.39, 0.29) is 23.8 Å². The van der Waals surface area contributed by atoms with Crippen molar-refractivity contribution in [3.05, 3.63) is 35.5 Å². The first-order chi connectivity index (χ1) is 11.9. The average molecular weight is 345 g/mol. The van der Waals surface area contributed by atoms with Gasteiger partial charge in [0.25, 0.3) is 0 Å². The van der Waals surface area contributed by atoms with Crippen LogP contribution in [0.2, 0.25) is 0 Å². The van der Waals surface area contributed by atoms with Crippen molar-refractivity contribution < 1.29 is 18.8 Å². The number of methoxy groups -OCH3 is 1. The molecular weight excluding hydrogens is 322 g/mol. The van der Waals surface area contributed by atoms with Gasteiger partial charge < -0.3 is 19.3 Å². The van der Waals surface area contributed by atoms with E-state index in [0.29, 0.717) is 24.7 Å². The lowest BCUT2D eigenvalue weighted by molar-refractivity contribution is -0.126. The van der Waals surface area contributed by atoms with Crippen LogP contribution in [0.25, 0.3) is 0 Å². The zero-order valence-corrected chi connectivity index (χ0v) is 15.0. The Bertz CT molecular complexity index is 764. The van der Waals surface area contributed by atoms with Gasteiger partial charge in [-0.3, -0.25) is 4.79 Å². The van der Waals surface area contributed by atoms with E-state index in [1.54, 1.807) is 7.11 Å². The van der Waals surface area contributed by atoms with Crippen molar-refractivity contribution in [2.45, 2.75) is 39.2 Å². The summed E-state index contributed by atoms with van der Waals surface area (Å²) in [5, 5.41) is 6.77. The summed E-state index contributed by atoms with van der Waals surface area (Å²) in [6.45, 7) is 6.56. The molecule has 0 fully saturated rings. The molecule has 0 radical (unpaired) electrons. The summed E-state index contributed by atoms with van der Waals surface area (Å²) in [6.07, 6.45) is 0.630. The van der Waals surface area contributed by atoms with Gasteiger partial charge in [-0.25, -0.2) is 0 Å². The van der Waals surface area contributed by atoms with E-state index in [4.69, 9.17) is 14.0 Å². The molecule has 3 rings (SSSR count). The highest BCUT2D eigenvalue weighted by molar-refractivity contribution is 5.79. The molecule has 1 aliphatic rings. The maximum absolute atomic E-state index is 12.4. The molecule has 0 unspecified atom stereocenters. The first kappa shape index (κ1) is 17.3. The van der Waals surface area contributed by atoms with Gasteiger partial charge in [-0.15, -0.1) is 0 Å². The van der Waals surface area contributed by atoms with Crippen molar-refractivity contribution in [1.82, 2.24) is 15.5 Å². The van der Waals surface area contributed by atoms with Crippen LogP contribution in [-0.2, 0) is 23.2 Å². The van der Waals surface area contributed by atoms with Crippen LogP contribution in [-0.4, -0.2) is 29.8 Å². The van der Waals surface area contributed by atoms with Gasteiger partial charge in [0.1, 0.15) is 18.1 Å². The van der Waals surface area contributed by atoms with E-state index in [1.165, 1.54) is 0 Å². The number of ether oxygens (including phenoxy) is 2. The van der Waals surface area contributed by atoms with Gasteiger partial charge in [-0.1, -0.05) is 32.0 Å². The smallest absolute Gasteiger partial charge is 0.232 e. The molecule has 0 aliphatic carbocycles. The Balaban J connectivity index is 1.58. The number of amides is 1. The molecule has 1 aliphatic heterocycles. The minimum absolute atomic E-state index is 0.0800. The Labute approximate surface area is 146 Å². The Kier molecular flexibility index (Phi) is 4.65. The Morgan fingerprint density at radius 1 is 1.40 bits per heavy atom. The number of nitrogens with one attached hydrogen (secondary N) is 1. The number of carbonyl (C=O) groups is 1. The fourth-order valence-corrected chi connectivity index (χ4v) is 2.59. The van der Waals surface area contributed by atoms with Crippen molar-refractivity contribution >= 4 is 5.91 Å². The average Bonchev–Trinajstić information content (AvgIpc) is 3.08. The second-order valence-corrected chi connectivity index (χ2v) is 7.17. The monoisotopic (exact) mass is 345 g/mol. The van der Waals surface area contributed by atoms with Crippen LogP contribution >= 0.6 is 0 Å². The number of aromatic nitrogens is 2. The molecule has 1 atom stereocenters. The quantitative estimate of drug-likeness (QED) is 0.914. The third kappa shape index (κ3) is 3.92. The predicted octanol–water partition coefficient (Wildman–Crippen LogP) is 2.24. The molecule has 25 heavy (non-hydrogen) atoms. The van der Waals surface area contributed by atoms with Gasteiger partial charge in [-0.05, 0) is 18.1 Å². The lowest BCUT2D eigenvalue weighted by Gasteiger charge is -2.24. The third-order valence-corrected chi connectivity index (χ3v) is 4.08. The number of rotatable bonds is 4. The maximum Gasteiger partial charge on any atom is 0.232 e. The summed E-state index contributed by atoms with van der Waals surface area (Å²) in [5.41, 5.74) is 0.791. The van der Waals surface area contributed by atoms with Crippen LogP contribution in [0.5, 0.6) is 11.5 Å². The summed E-state index contributed by atoms with van der Waals surface area (Å²) in [7, 11) is 1.61. The zero-order chi connectivity index (χ0) is 18.0. The molecule has 0 bridgehead atoms. The molecule has 1 N–H and O–H groups in total. The summed E-state index contributed by atoms with van der Waals surface area (Å²) >= 11 is 0. The van der Waals surface area contributed by atoms with Crippen LogP contribution in [0, 0.1) is 5.92 Å². The van der Waals surface area contributed by atoms with Crippen LogP contribution in [0.15, 0.2) is 22.7 Å². The van der Waals surface area contributed by atoms with Crippen molar-refractivity contribution in [2.75, 3.05) is 13.7 Å². The second-order valence-electron chi connectivity index (χ2n) is 7.17. The van der Waals surface area contributed by atoms with Crippen molar-refractivity contribution in [2.24, 2.45) is 5.92 Å². The highest BCUT2D eigenvalue weighted by Crippen LogP contribution is 2.31. The lowest BCUT2D eigenvalue weighted by Crippen LogP contribution is -2.37. The Hall–Kier alpha value is -2.57. The normalized spacial score (nSPS) is 16.7. The van der Waals surface area contributed by atoms with Crippen LogP contribution in [0.1, 0.15) is 38.0 Å². The van der Waals surface area contributed by atoms with Crippen molar-refractivity contribution in [3.63, 3.8) is 0 Å². The fraction of sp³-hybridized carbons (Fsp3) is 0.500. The molecule has 1 aromatic heterocycles. The summed E-state index contributed by atoms with van der Waals surface area (Å²) in [6, 6.07) is 5.65. The number of carbonyl (C=O) groups excluding carboxylic acids is 1. The molecule has 1 aromatic carbocycles. The van der Waals surface area contributed by atoms with Gasteiger partial charge in [0.2, 0.25) is 11.8 Å². The summed E-state index contributed by atoms with van der Waals surface area (Å²) < 4.78 is 16.1. The van der Waals surface area contributed by atoms with Crippen molar-refractivity contribution in [3.8, 4) is 11.5 Å². The summed E-state index contributed by atoms with van der Waals surface area (Å²) in [4.78, 5) is 16.7. The number of fused-ring (bicyclic) bond motifs is 1. The molecule has 7 heteroatoms. The maximum atomic E-state index is 12.4. The minimum Gasteiger partial charge on any atom is -0.497 e. The van der Waals surface area contributed by atoms with Gasteiger partial charge in [0.15, 0.2) is 5.82 Å². The van der Waals surface area contributed by atoms with Crippen LogP contribution < -0.4 is 14.8 Å². The third-order valence-electron chi connectivity index (χ3n) is 4.08. The van der Waals surface area contributed by atoms with E-state index in [9.17, 15) is 4.79 Å². The van der Waals surface area contributed by atoms with Gasteiger partial charge in [0, 0.05) is 11.5 Å². The van der Waals surface area contributed by atoms with Gasteiger partial charge >= 0.3 is 0 Å². The second kappa shape index (κ2) is 6.74. The molecule has 0 saturated carbocycles. The topological polar surface area (TPSA) is 86.5 Å². The molecule has 2 aromatic rings. The standard InChI is InChI=1S/C18H23N3O4/c1-18(2,3)17-20-15(21-25-17)9-19-16(22)12-7-11-5-6-13(23-4)8-14(11)24-10-12/h5-6,8,12H,7,9-10H2,1-4H3,(H,19,22)/t12-/m1/s1. The Morgan fingerprint density at radius 2 is 2.20 bits per heavy atom. The van der Waals surface area contributed by atoms with E-state index >= 15 is 0 Å². The lowest BCUT2D eigenvalue weighted by atomic mass is 9.96. The molecule has 1 amide bonds. The Morgan fingerprint density at radius 3 is 2.88 bits per heavy atom. The highest BCUT2D eigenvalue weighted by Gasteiger charge is 2.27. The predicted molar refractivity (Wildman–Crippen MR) is 90.5 cm³/mol. The first-order valence-electron chi connectivity index (χ1n) is 8.27. The number of hydrogen-bond acceptors (Lipinski definition) is 6. The summed E-state index contributed by atoms with van der Waals surface area (Å²) in [5.74, 6) is 2.23. The van der Waals surface area contributed by atoms with Crippen LogP contribution in [0.4, 0.5) is 0 Å². The minimum atomic E-state index is -0.241. The van der Waals surface area contributed by atoms with E-state index in [0.717, 1.165) is 17.1 Å². The first-order valence-corrected chi connectivity index (χ1v) is 8.27. The SMILES string of the molecule is COc1ccc2c(c1)OC[C@H](C(=O)NCc1noc(C(C)(C)C)n1)C2.